The lowest BCUT2D eigenvalue weighted by Gasteiger charge is -2.30. The topological polar surface area (TPSA) is 75.7 Å². The zero-order chi connectivity index (χ0) is 21.0. The van der Waals surface area contributed by atoms with Crippen molar-refractivity contribution in [1.29, 1.82) is 0 Å². The Morgan fingerprint density at radius 3 is 2.72 bits per heavy atom. The van der Waals surface area contributed by atoms with E-state index in [0.717, 1.165) is 11.1 Å². The highest BCUT2D eigenvalue weighted by molar-refractivity contribution is 7.89. The van der Waals surface area contributed by atoms with E-state index in [1.54, 1.807) is 6.92 Å². The van der Waals surface area contributed by atoms with Crippen LogP contribution in [0.3, 0.4) is 0 Å². The normalized spacial score (nSPS) is 22.3. The molecule has 1 amide bonds. The number of hydrogen-bond donors (Lipinski definition) is 1. The summed E-state index contributed by atoms with van der Waals surface area (Å²) >= 11 is 0. The van der Waals surface area contributed by atoms with Crippen molar-refractivity contribution in [3.05, 3.63) is 35.4 Å². The van der Waals surface area contributed by atoms with Gasteiger partial charge < -0.3 is 9.64 Å². The van der Waals surface area contributed by atoms with Gasteiger partial charge in [-0.2, -0.15) is 0 Å². The van der Waals surface area contributed by atoms with E-state index >= 15 is 0 Å². The lowest BCUT2D eigenvalue weighted by molar-refractivity contribution is -0.135. The van der Waals surface area contributed by atoms with Gasteiger partial charge in [0.1, 0.15) is 0 Å². The van der Waals surface area contributed by atoms with Gasteiger partial charge in [0.05, 0.1) is 30.9 Å². The van der Waals surface area contributed by atoms with Gasteiger partial charge in [-0.25, -0.2) is 13.1 Å². The molecule has 6 nitrogen and oxygen atoms in total. The molecular weight excluding hydrogens is 388 g/mol. The van der Waals surface area contributed by atoms with E-state index in [1.807, 2.05) is 43.0 Å². The fraction of sp³-hybridized carbons (Fsp3) is 0.591. The number of nitrogens with one attached hydrogen (secondary N) is 1. The molecular formula is C22H30N2O4S. The molecule has 2 heterocycles. The molecule has 0 radical (unpaired) electrons. The van der Waals surface area contributed by atoms with Crippen molar-refractivity contribution < 1.29 is 17.9 Å². The van der Waals surface area contributed by atoms with Crippen molar-refractivity contribution in [3.63, 3.8) is 0 Å². The zero-order valence-corrected chi connectivity index (χ0v) is 18.2. The third-order valence-electron chi connectivity index (χ3n) is 5.46. The minimum atomic E-state index is -3.34. The van der Waals surface area contributed by atoms with Gasteiger partial charge in [0, 0.05) is 24.1 Å². The zero-order valence-electron chi connectivity index (χ0n) is 17.3. The van der Waals surface area contributed by atoms with Gasteiger partial charge in [0.25, 0.3) is 0 Å². The van der Waals surface area contributed by atoms with Crippen LogP contribution in [-0.4, -0.2) is 56.8 Å². The maximum Gasteiger partial charge on any atom is 0.225 e. The second-order valence-corrected chi connectivity index (χ2v) is 10.1. The van der Waals surface area contributed by atoms with Crippen molar-refractivity contribution >= 4 is 15.9 Å². The minimum Gasteiger partial charge on any atom is -0.379 e. The Hall–Kier alpha value is -1.88. The van der Waals surface area contributed by atoms with Gasteiger partial charge >= 0.3 is 0 Å². The van der Waals surface area contributed by atoms with E-state index in [9.17, 15) is 13.2 Å². The van der Waals surface area contributed by atoms with Crippen LogP contribution in [0.15, 0.2) is 24.3 Å². The number of likely N-dealkylation sites (tertiary alicyclic amines) is 1. The number of carbonyl (C=O) groups excluding carboxylic acids is 1. The summed E-state index contributed by atoms with van der Waals surface area (Å²) in [4.78, 5) is 14.6. The summed E-state index contributed by atoms with van der Waals surface area (Å²) < 4.78 is 32.3. The van der Waals surface area contributed by atoms with Crippen LogP contribution in [0, 0.1) is 23.7 Å². The molecule has 0 aromatic heterocycles. The number of benzene rings is 1. The number of amides is 1. The molecule has 3 rings (SSSR count). The van der Waals surface area contributed by atoms with Crippen molar-refractivity contribution in [2.24, 2.45) is 11.8 Å². The SMILES string of the molecule is CCS(=O)(=O)N[C@@H]1CCN(C(=O)C(C)C)[C@@H]1Cc1cccc(C#CC2COC2)c1. The lowest BCUT2D eigenvalue weighted by atomic mass is 9.98. The quantitative estimate of drug-likeness (QED) is 0.715. The van der Waals surface area contributed by atoms with Crippen LogP contribution in [0.4, 0.5) is 0 Å². The number of ether oxygens (including phenoxy) is 1. The van der Waals surface area contributed by atoms with Crippen LogP contribution >= 0.6 is 0 Å². The van der Waals surface area contributed by atoms with Crippen molar-refractivity contribution in [3.8, 4) is 11.8 Å². The van der Waals surface area contributed by atoms with Crippen molar-refractivity contribution in [1.82, 2.24) is 9.62 Å². The number of rotatable bonds is 6. The van der Waals surface area contributed by atoms with Crippen molar-refractivity contribution in [2.75, 3.05) is 25.5 Å². The first-order valence-corrected chi connectivity index (χ1v) is 11.9. The summed E-state index contributed by atoms with van der Waals surface area (Å²) in [5, 5.41) is 0. The molecule has 0 unspecified atom stereocenters. The maximum atomic E-state index is 12.7. The first-order valence-electron chi connectivity index (χ1n) is 10.3. The fourth-order valence-electron chi connectivity index (χ4n) is 3.68. The minimum absolute atomic E-state index is 0.0320. The Balaban J connectivity index is 1.80. The highest BCUT2D eigenvalue weighted by Gasteiger charge is 2.39. The fourth-order valence-corrected chi connectivity index (χ4v) is 4.59. The van der Waals surface area contributed by atoms with Gasteiger partial charge in [-0.3, -0.25) is 4.79 Å². The summed E-state index contributed by atoms with van der Waals surface area (Å²) in [7, 11) is -3.34. The molecule has 2 saturated heterocycles. The van der Waals surface area contributed by atoms with Crippen molar-refractivity contribution in [2.45, 2.75) is 45.7 Å². The Morgan fingerprint density at radius 2 is 2.10 bits per heavy atom. The molecule has 0 bridgehead atoms. The van der Waals surface area contributed by atoms with E-state index in [2.05, 4.69) is 16.6 Å². The van der Waals surface area contributed by atoms with E-state index < -0.39 is 10.0 Å². The summed E-state index contributed by atoms with van der Waals surface area (Å²) in [6, 6.07) is 7.51. The molecule has 0 spiro atoms. The van der Waals surface area contributed by atoms with Gasteiger partial charge in [0.2, 0.25) is 15.9 Å². The largest absolute Gasteiger partial charge is 0.379 e. The van der Waals surface area contributed by atoms with E-state index in [1.165, 1.54) is 0 Å². The van der Waals surface area contributed by atoms with Gasteiger partial charge in [0.15, 0.2) is 0 Å². The number of carbonyl (C=O) groups is 1. The molecule has 2 aliphatic rings. The molecule has 7 heteroatoms. The Labute approximate surface area is 174 Å². The van der Waals surface area contributed by atoms with Crippen LogP contribution in [0.1, 0.15) is 38.3 Å². The third kappa shape index (κ3) is 5.59. The molecule has 158 valence electrons. The smallest absolute Gasteiger partial charge is 0.225 e. The van der Waals surface area contributed by atoms with E-state index in [4.69, 9.17) is 4.74 Å². The van der Waals surface area contributed by atoms with Gasteiger partial charge in [-0.05, 0) is 37.5 Å². The Kier molecular flexibility index (Phi) is 6.99. The molecule has 0 saturated carbocycles. The molecule has 29 heavy (non-hydrogen) atoms. The molecule has 1 aromatic rings. The summed E-state index contributed by atoms with van der Waals surface area (Å²) in [5.41, 5.74) is 1.98. The molecule has 2 aliphatic heterocycles. The third-order valence-corrected chi connectivity index (χ3v) is 6.89. The average Bonchev–Trinajstić information content (AvgIpc) is 3.01. The maximum absolute atomic E-state index is 12.7. The second-order valence-electron chi connectivity index (χ2n) is 8.08. The lowest BCUT2D eigenvalue weighted by Crippen LogP contribution is -2.49. The Bertz CT molecular complexity index is 897. The summed E-state index contributed by atoms with van der Waals surface area (Å²) in [5.74, 6) is 6.69. The van der Waals surface area contributed by atoms with E-state index in [0.29, 0.717) is 38.5 Å². The Morgan fingerprint density at radius 1 is 1.34 bits per heavy atom. The van der Waals surface area contributed by atoms with Crippen LogP contribution in [0.5, 0.6) is 0 Å². The molecule has 2 atom stereocenters. The van der Waals surface area contributed by atoms with Gasteiger partial charge in [-0.1, -0.05) is 37.8 Å². The van der Waals surface area contributed by atoms with Crippen LogP contribution in [0.2, 0.25) is 0 Å². The predicted octanol–water partition coefficient (Wildman–Crippen LogP) is 1.79. The first kappa shape index (κ1) is 21.8. The van der Waals surface area contributed by atoms with Crippen LogP contribution in [-0.2, 0) is 26.0 Å². The highest BCUT2D eigenvalue weighted by atomic mass is 32.2. The predicted molar refractivity (Wildman–Crippen MR) is 113 cm³/mol. The monoisotopic (exact) mass is 418 g/mol. The van der Waals surface area contributed by atoms with Crippen LogP contribution < -0.4 is 4.72 Å². The molecule has 1 N–H and O–H groups in total. The molecule has 0 aliphatic carbocycles. The van der Waals surface area contributed by atoms with E-state index in [-0.39, 0.29) is 29.7 Å². The number of nitrogens with zero attached hydrogens (tertiary/aromatic N) is 1. The molecule has 1 aromatic carbocycles. The summed E-state index contributed by atoms with van der Waals surface area (Å²) in [6.07, 6.45) is 1.22. The second kappa shape index (κ2) is 9.29. The average molecular weight is 419 g/mol. The number of hydrogen-bond acceptors (Lipinski definition) is 4. The van der Waals surface area contributed by atoms with Gasteiger partial charge in [-0.15, -0.1) is 0 Å². The first-order chi connectivity index (χ1) is 13.8. The summed E-state index contributed by atoms with van der Waals surface area (Å²) in [6.45, 7) is 7.34. The van der Waals surface area contributed by atoms with Crippen LogP contribution in [0.25, 0.3) is 0 Å². The molecule has 2 fully saturated rings. The number of sulfonamides is 1. The standard InChI is InChI=1S/C22H30N2O4S/c1-4-29(26,27)23-20-10-11-24(22(25)16(2)3)21(20)13-18-7-5-6-17(12-18)8-9-19-14-28-15-19/h5-7,12,16,19-21,23H,4,10-11,13-15H2,1-3H3/t20-,21-/m1/s1. The highest BCUT2D eigenvalue weighted by Crippen LogP contribution is 2.25.